The summed E-state index contributed by atoms with van der Waals surface area (Å²) in [6.07, 6.45) is 1.40. The van der Waals surface area contributed by atoms with Crippen LogP contribution >= 0.6 is 0 Å². The fourth-order valence-corrected chi connectivity index (χ4v) is 2.05. The average molecular weight is 264 g/mol. The van der Waals surface area contributed by atoms with Gasteiger partial charge in [-0.15, -0.1) is 0 Å². The summed E-state index contributed by atoms with van der Waals surface area (Å²) >= 11 is 0. The Labute approximate surface area is 115 Å². The molecule has 0 saturated carbocycles. The smallest absolute Gasteiger partial charge is 0.253 e. The maximum absolute atomic E-state index is 12.1. The summed E-state index contributed by atoms with van der Waals surface area (Å²) in [7, 11) is 1.55. The topological polar surface area (TPSA) is 64.3 Å². The molecule has 0 bridgehead atoms. The second kappa shape index (κ2) is 8.67. The van der Waals surface area contributed by atoms with Crippen molar-refractivity contribution in [2.75, 3.05) is 20.2 Å². The number of carbonyl (C=O) groups excluding carboxylic acids is 1. The van der Waals surface area contributed by atoms with E-state index in [9.17, 15) is 4.79 Å². The molecule has 0 fully saturated rings. The van der Waals surface area contributed by atoms with Crippen LogP contribution in [0, 0.1) is 5.92 Å². The van der Waals surface area contributed by atoms with E-state index >= 15 is 0 Å². The third-order valence-corrected chi connectivity index (χ3v) is 3.29. The molecule has 1 rings (SSSR count). The molecule has 4 nitrogen and oxygen atoms in total. The Morgan fingerprint density at radius 2 is 2.05 bits per heavy atom. The molecule has 2 atom stereocenters. The minimum Gasteiger partial charge on any atom is -0.367 e. The van der Waals surface area contributed by atoms with Crippen molar-refractivity contribution in [2.45, 2.75) is 25.9 Å². The van der Waals surface area contributed by atoms with Gasteiger partial charge in [-0.2, -0.15) is 0 Å². The highest BCUT2D eigenvalue weighted by Crippen LogP contribution is 2.16. The van der Waals surface area contributed by atoms with Crippen molar-refractivity contribution in [1.82, 2.24) is 5.32 Å². The zero-order valence-electron chi connectivity index (χ0n) is 11.8. The molecule has 1 aromatic carbocycles. The minimum atomic E-state index is -0.545. The van der Waals surface area contributed by atoms with Crippen LogP contribution in [0.25, 0.3) is 0 Å². The summed E-state index contributed by atoms with van der Waals surface area (Å²) in [5.74, 6) is 0.339. The molecule has 0 saturated heterocycles. The van der Waals surface area contributed by atoms with Gasteiger partial charge in [-0.1, -0.05) is 43.7 Å². The first kappa shape index (κ1) is 15.7. The molecule has 0 spiro atoms. The first-order valence-corrected chi connectivity index (χ1v) is 6.78. The van der Waals surface area contributed by atoms with Gasteiger partial charge in [-0.25, -0.2) is 0 Å². The van der Waals surface area contributed by atoms with Crippen LogP contribution in [-0.2, 0) is 9.53 Å². The lowest BCUT2D eigenvalue weighted by Gasteiger charge is -2.19. The lowest BCUT2D eigenvalue weighted by atomic mass is 10.0. The van der Waals surface area contributed by atoms with E-state index in [0.717, 1.165) is 18.4 Å². The molecule has 0 aliphatic heterocycles. The Bertz CT molecular complexity index is 368. The van der Waals surface area contributed by atoms with E-state index in [1.165, 1.54) is 0 Å². The molecule has 19 heavy (non-hydrogen) atoms. The first-order chi connectivity index (χ1) is 9.22. The standard InChI is InChI=1S/C15H24N2O2/c1-3-12(9-10-16)11-17-15(18)14(19-2)13-7-5-4-6-8-13/h4-8,12,14H,3,9-11,16H2,1-2H3,(H,17,18). The van der Waals surface area contributed by atoms with Gasteiger partial charge in [0.25, 0.3) is 5.91 Å². The Morgan fingerprint density at radius 1 is 1.37 bits per heavy atom. The van der Waals surface area contributed by atoms with Crippen molar-refractivity contribution in [1.29, 1.82) is 0 Å². The summed E-state index contributed by atoms with van der Waals surface area (Å²) < 4.78 is 5.29. The second-order valence-corrected chi connectivity index (χ2v) is 4.62. The maximum Gasteiger partial charge on any atom is 0.253 e. The van der Waals surface area contributed by atoms with Crippen LogP contribution in [0.3, 0.4) is 0 Å². The third-order valence-electron chi connectivity index (χ3n) is 3.29. The maximum atomic E-state index is 12.1. The molecule has 0 radical (unpaired) electrons. The zero-order chi connectivity index (χ0) is 14.1. The number of hydrogen-bond acceptors (Lipinski definition) is 3. The Balaban J connectivity index is 2.55. The monoisotopic (exact) mass is 264 g/mol. The lowest BCUT2D eigenvalue weighted by molar-refractivity contribution is -0.131. The van der Waals surface area contributed by atoms with E-state index in [2.05, 4.69) is 12.2 Å². The summed E-state index contributed by atoms with van der Waals surface area (Å²) in [4.78, 5) is 12.1. The molecule has 1 aromatic rings. The molecule has 0 aliphatic rings. The van der Waals surface area contributed by atoms with Crippen molar-refractivity contribution in [3.63, 3.8) is 0 Å². The van der Waals surface area contributed by atoms with E-state index in [4.69, 9.17) is 10.5 Å². The predicted octanol–water partition coefficient (Wildman–Crippen LogP) is 1.87. The fraction of sp³-hybridized carbons (Fsp3) is 0.533. The highest BCUT2D eigenvalue weighted by Gasteiger charge is 2.20. The van der Waals surface area contributed by atoms with Gasteiger partial charge in [-0.3, -0.25) is 4.79 Å². The van der Waals surface area contributed by atoms with Gasteiger partial charge in [-0.05, 0) is 24.4 Å². The van der Waals surface area contributed by atoms with Crippen LogP contribution in [0.4, 0.5) is 0 Å². The fourth-order valence-electron chi connectivity index (χ4n) is 2.05. The largest absolute Gasteiger partial charge is 0.367 e. The van der Waals surface area contributed by atoms with Gasteiger partial charge in [0, 0.05) is 13.7 Å². The molecule has 3 N–H and O–H groups in total. The summed E-state index contributed by atoms with van der Waals surface area (Å²) in [6, 6.07) is 9.51. The molecule has 4 heteroatoms. The van der Waals surface area contributed by atoms with Crippen LogP contribution in [-0.4, -0.2) is 26.1 Å². The molecule has 2 unspecified atom stereocenters. The normalized spacial score (nSPS) is 13.8. The number of carbonyl (C=O) groups is 1. The van der Waals surface area contributed by atoms with Crippen LogP contribution in [0.1, 0.15) is 31.4 Å². The van der Waals surface area contributed by atoms with Crippen LogP contribution in [0.2, 0.25) is 0 Å². The number of nitrogens with two attached hydrogens (primary N) is 1. The highest BCUT2D eigenvalue weighted by molar-refractivity contribution is 5.82. The highest BCUT2D eigenvalue weighted by atomic mass is 16.5. The van der Waals surface area contributed by atoms with E-state index < -0.39 is 6.10 Å². The van der Waals surface area contributed by atoms with Crippen molar-refractivity contribution >= 4 is 5.91 Å². The Morgan fingerprint density at radius 3 is 2.58 bits per heavy atom. The Kier molecular flexibility index (Phi) is 7.15. The molecule has 1 amide bonds. The van der Waals surface area contributed by atoms with Gasteiger partial charge in [0.1, 0.15) is 0 Å². The summed E-state index contributed by atoms with van der Waals surface area (Å²) in [6.45, 7) is 3.41. The number of methoxy groups -OCH3 is 1. The number of rotatable bonds is 8. The van der Waals surface area contributed by atoms with Crippen LogP contribution < -0.4 is 11.1 Å². The zero-order valence-corrected chi connectivity index (χ0v) is 11.8. The van der Waals surface area contributed by atoms with Crippen molar-refractivity contribution in [3.8, 4) is 0 Å². The third kappa shape index (κ3) is 5.01. The van der Waals surface area contributed by atoms with Crippen molar-refractivity contribution in [3.05, 3.63) is 35.9 Å². The number of amides is 1. The van der Waals surface area contributed by atoms with Gasteiger partial charge in [0.2, 0.25) is 0 Å². The predicted molar refractivity (Wildman–Crippen MR) is 76.7 cm³/mol. The van der Waals surface area contributed by atoms with Crippen molar-refractivity contribution < 1.29 is 9.53 Å². The average Bonchev–Trinajstić information content (AvgIpc) is 2.45. The molecule has 106 valence electrons. The van der Waals surface area contributed by atoms with E-state index in [0.29, 0.717) is 19.0 Å². The van der Waals surface area contributed by atoms with Gasteiger partial charge in [0.15, 0.2) is 6.10 Å². The van der Waals surface area contributed by atoms with E-state index in [1.807, 2.05) is 30.3 Å². The van der Waals surface area contributed by atoms with Gasteiger partial charge >= 0.3 is 0 Å². The lowest BCUT2D eigenvalue weighted by Crippen LogP contribution is -2.34. The summed E-state index contributed by atoms with van der Waals surface area (Å²) in [5.41, 5.74) is 6.42. The molecular weight excluding hydrogens is 240 g/mol. The molecule has 0 aliphatic carbocycles. The molecule has 0 heterocycles. The second-order valence-electron chi connectivity index (χ2n) is 4.62. The molecule has 0 aromatic heterocycles. The summed E-state index contributed by atoms with van der Waals surface area (Å²) in [5, 5.41) is 2.95. The van der Waals surface area contributed by atoms with Crippen LogP contribution in [0.15, 0.2) is 30.3 Å². The van der Waals surface area contributed by atoms with E-state index in [-0.39, 0.29) is 5.91 Å². The van der Waals surface area contributed by atoms with E-state index in [1.54, 1.807) is 7.11 Å². The Hall–Kier alpha value is -1.39. The number of benzene rings is 1. The quantitative estimate of drug-likeness (QED) is 0.753. The number of nitrogens with one attached hydrogen (secondary N) is 1. The minimum absolute atomic E-state index is 0.0934. The molecular formula is C15H24N2O2. The first-order valence-electron chi connectivity index (χ1n) is 6.78. The van der Waals surface area contributed by atoms with Crippen LogP contribution in [0.5, 0.6) is 0 Å². The van der Waals surface area contributed by atoms with Crippen molar-refractivity contribution in [2.24, 2.45) is 11.7 Å². The number of hydrogen-bond donors (Lipinski definition) is 2. The SMILES string of the molecule is CCC(CCN)CNC(=O)C(OC)c1ccccc1. The van der Waals surface area contributed by atoms with Gasteiger partial charge < -0.3 is 15.8 Å². The van der Waals surface area contributed by atoms with Gasteiger partial charge in [0.05, 0.1) is 0 Å². The number of ether oxygens (including phenoxy) is 1.